The molecular formula is C17H18N2OS. The Morgan fingerprint density at radius 1 is 1.14 bits per heavy atom. The number of nitrogens with zero attached hydrogens (tertiary/aromatic N) is 2. The molecule has 3 aromatic rings. The zero-order valence-corrected chi connectivity index (χ0v) is 12.9. The second-order valence-corrected chi connectivity index (χ2v) is 5.99. The van der Waals surface area contributed by atoms with E-state index in [1.54, 1.807) is 11.3 Å². The number of aliphatic hydroxyl groups excluding tert-OH is 1. The normalized spacial score (nSPS) is 11.1. The molecule has 0 aliphatic heterocycles. The highest BCUT2D eigenvalue weighted by Crippen LogP contribution is 2.31. The number of aromatic nitrogens is 2. The van der Waals surface area contributed by atoms with Crippen molar-refractivity contribution in [3.8, 4) is 11.3 Å². The summed E-state index contributed by atoms with van der Waals surface area (Å²) in [6.07, 6.45) is 3.34. The Labute approximate surface area is 128 Å². The summed E-state index contributed by atoms with van der Waals surface area (Å²) in [7, 11) is 0. The molecule has 3 aromatic heterocycles. The molecule has 108 valence electrons. The second-order valence-electron chi connectivity index (χ2n) is 5.07. The highest BCUT2D eigenvalue weighted by Gasteiger charge is 2.10. The van der Waals surface area contributed by atoms with Gasteiger partial charge in [0.25, 0.3) is 0 Å². The van der Waals surface area contributed by atoms with Crippen molar-refractivity contribution in [2.45, 2.75) is 32.8 Å². The van der Waals surface area contributed by atoms with Gasteiger partial charge in [-0.25, -0.2) is 4.98 Å². The molecule has 0 aliphatic rings. The topological polar surface area (TPSA) is 46.0 Å². The van der Waals surface area contributed by atoms with Crippen LogP contribution in [0.1, 0.15) is 31.2 Å². The van der Waals surface area contributed by atoms with Crippen molar-refractivity contribution in [2.24, 2.45) is 0 Å². The lowest BCUT2D eigenvalue weighted by molar-refractivity contribution is 0.277. The molecule has 1 N–H and O–H groups in total. The Kier molecular flexibility index (Phi) is 4.27. The summed E-state index contributed by atoms with van der Waals surface area (Å²) in [6.45, 7) is 2.14. The fourth-order valence-electron chi connectivity index (χ4n) is 2.41. The van der Waals surface area contributed by atoms with E-state index in [1.807, 2.05) is 23.6 Å². The highest BCUT2D eigenvalue weighted by molar-refractivity contribution is 7.17. The summed E-state index contributed by atoms with van der Waals surface area (Å²) in [5, 5.41) is 11.4. The van der Waals surface area contributed by atoms with Gasteiger partial charge in [0.1, 0.15) is 0 Å². The van der Waals surface area contributed by atoms with Crippen LogP contribution in [-0.2, 0) is 13.0 Å². The first-order valence-electron chi connectivity index (χ1n) is 7.26. The zero-order chi connectivity index (χ0) is 14.7. The molecule has 3 heterocycles. The number of rotatable bonds is 5. The van der Waals surface area contributed by atoms with Crippen molar-refractivity contribution in [1.29, 1.82) is 0 Å². The molecule has 0 amide bonds. The lowest BCUT2D eigenvalue weighted by atomic mass is 10.1. The van der Waals surface area contributed by atoms with Crippen LogP contribution in [0, 0.1) is 0 Å². The predicted molar refractivity (Wildman–Crippen MR) is 87.4 cm³/mol. The minimum atomic E-state index is -0.0473. The summed E-state index contributed by atoms with van der Waals surface area (Å²) in [5.74, 6) is 0. The van der Waals surface area contributed by atoms with Gasteiger partial charge < -0.3 is 5.11 Å². The van der Waals surface area contributed by atoms with Gasteiger partial charge in [-0.1, -0.05) is 19.4 Å². The van der Waals surface area contributed by atoms with E-state index in [9.17, 15) is 5.11 Å². The smallest absolute Gasteiger partial charge is 0.0853 e. The number of fused-ring (bicyclic) bond motifs is 1. The van der Waals surface area contributed by atoms with Gasteiger partial charge >= 0.3 is 0 Å². The van der Waals surface area contributed by atoms with E-state index >= 15 is 0 Å². The Morgan fingerprint density at radius 2 is 2.05 bits per heavy atom. The molecule has 0 unspecified atom stereocenters. The van der Waals surface area contributed by atoms with Crippen molar-refractivity contribution in [3.05, 3.63) is 47.1 Å². The number of aryl methyl sites for hydroxylation is 1. The fourth-order valence-corrected chi connectivity index (χ4v) is 3.27. The first-order valence-corrected chi connectivity index (χ1v) is 8.14. The molecule has 21 heavy (non-hydrogen) atoms. The van der Waals surface area contributed by atoms with Gasteiger partial charge in [-0.3, -0.25) is 4.98 Å². The van der Waals surface area contributed by atoms with Crippen LogP contribution < -0.4 is 0 Å². The lowest BCUT2D eigenvalue weighted by Crippen LogP contribution is -1.95. The number of unbranched alkanes of at least 4 members (excludes halogenated alkanes) is 1. The van der Waals surface area contributed by atoms with Gasteiger partial charge in [-0.2, -0.15) is 0 Å². The summed E-state index contributed by atoms with van der Waals surface area (Å²) in [5.41, 5.74) is 4.78. The number of hydrogen-bond acceptors (Lipinski definition) is 4. The largest absolute Gasteiger partial charge is 0.390 e. The third kappa shape index (κ3) is 2.96. The number of thiophene rings is 1. The molecule has 3 nitrogen and oxygen atoms in total. The Morgan fingerprint density at radius 3 is 2.86 bits per heavy atom. The molecule has 0 atom stereocenters. The van der Waals surface area contributed by atoms with Gasteiger partial charge in [0.05, 0.1) is 28.2 Å². The first kappa shape index (κ1) is 14.2. The average molecular weight is 298 g/mol. The maximum atomic E-state index is 9.40. The Hall–Kier alpha value is -1.78. The molecule has 0 fully saturated rings. The second kappa shape index (κ2) is 6.33. The molecular weight excluding hydrogens is 280 g/mol. The summed E-state index contributed by atoms with van der Waals surface area (Å²) in [4.78, 5) is 9.23. The monoisotopic (exact) mass is 298 g/mol. The lowest BCUT2D eigenvalue weighted by Gasteiger charge is -2.07. The van der Waals surface area contributed by atoms with Gasteiger partial charge in [-0.05, 0) is 42.5 Å². The molecule has 0 saturated heterocycles. The maximum absolute atomic E-state index is 9.40. The van der Waals surface area contributed by atoms with Gasteiger partial charge in [-0.15, -0.1) is 11.3 Å². The van der Waals surface area contributed by atoms with Crippen LogP contribution in [0.15, 0.2) is 35.7 Å². The number of hydrogen-bond donors (Lipinski definition) is 1. The molecule has 4 heteroatoms. The minimum Gasteiger partial charge on any atom is -0.390 e. The van der Waals surface area contributed by atoms with E-state index in [0.29, 0.717) is 5.69 Å². The van der Waals surface area contributed by atoms with Crippen molar-refractivity contribution in [2.75, 3.05) is 0 Å². The van der Waals surface area contributed by atoms with E-state index < -0.39 is 0 Å². The Bertz CT molecular complexity index is 751. The predicted octanol–water partition coefficient (Wildman–Crippen LogP) is 4.19. The van der Waals surface area contributed by atoms with Gasteiger partial charge in [0.15, 0.2) is 0 Å². The van der Waals surface area contributed by atoms with E-state index in [4.69, 9.17) is 4.98 Å². The van der Waals surface area contributed by atoms with Crippen LogP contribution in [-0.4, -0.2) is 15.1 Å². The highest BCUT2D eigenvalue weighted by atomic mass is 32.1. The zero-order valence-electron chi connectivity index (χ0n) is 12.0. The van der Waals surface area contributed by atoms with E-state index in [2.05, 4.69) is 24.0 Å². The molecule has 0 spiro atoms. The fraction of sp³-hybridized carbons (Fsp3) is 0.294. The van der Waals surface area contributed by atoms with Crippen LogP contribution in [0.25, 0.3) is 21.5 Å². The van der Waals surface area contributed by atoms with E-state index in [-0.39, 0.29) is 6.61 Å². The summed E-state index contributed by atoms with van der Waals surface area (Å²) in [6, 6.07) is 10.1. The van der Waals surface area contributed by atoms with Crippen LogP contribution in [0.2, 0.25) is 0 Å². The third-order valence-electron chi connectivity index (χ3n) is 3.50. The number of pyridine rings is 2. The standard InChI is InChI=1S/C17H18N2OS/c1-2-3-5-12-6-4-7-15(18-12)14-10-13(11-20)19-16-8-9-21-17(14)16/h4,6-10,20H,2-3,5,11H2,1H3. The van der Waals surface area contributed by atoms with Crippen LogP contribution in [0.5, 0.6) is 0 Å². The van der Waals surface area contributed by atoms with Crippen molar-refractivity contribution < 1.29 is 5.11 Å². The van der Waals surface area contributed by atoms with Crippen LogP contribution >= 0.6 is 11.3 Å². The molecule has 0 radical (unpaired) electrons. The maximum Gasteiger partial charge on any atom is 0.0853 e. The van der Waals surface area contributed by atoms with Crippen LogP contribution in [0.3, 0.4) is 0 Å². The van der Waals surface area contributed by atoms with Crippen molar-refractivity contribution in [1.82, 2.24) is 9.97 Å². The number of aliphatic hydroxyl groups is 1. The summed E-state index contributed by atoms with van der Waals surface area (Å²) >= 11 is 1.67. The van der Waals surface area contributed by atoms with Gasteiger partial charge in [0, 0.05) is 11.3 Å². The molecule has 3 rings (SSSR count). The first-order chi connectivity index (χ1) is 10.3. The van der Waals surface area contributed by atoms with Crippen LogP contribution in [0.4, 0.5) is 0 Å². The Balaban J connectivity index is 2.08. The van der Waals surface area contributed by atoms with Crippen molar-refractivity contribution in [3.63, 3.8) is 0 Å². The average Bonchev–Trinajstić information content (AvgIpc) is 3.00. The third-order valence-corrected chi connectivity index (χ3v) is 4.43. The van der Waals surface area contributed by atoms with Gasteiger partial charge in [0.2, 0.25) is 0 Å². The van der Waals surface area contributed by atoms with E-state index in [1.165, 1.54) is 6.42 Å². The quantitative estimate of drug-likeness (QED) is 0.768. The van der Waals surface area contributed by atoms with E-state index in [0.717, 1.165) is 40.0 Å². The molecule has 0 bridgehead atoms. The SMILES string of the molecule is CCCCc1cccc(-c2cc(CO)nc3ccsc23)n1. The molecule has 0 saturated carbocycles. The summed E-state index contributed by atoms with van der Waals surface area (Å²) < 4.78 is 1.13. The molecule has 0 aliphatic carbocycles. The minimum absolute atomic E-state index is 0.0473. The van der Waals surface area contributed by atoms with Crippen molar-refractivity contribution >= 4 is 21.6 Å². The molecule has 0 aromatic carbocycles.